The number of ether oxygens (including phenoxy) is 1. The highest BCUT2D eigenvalue weighted by Crippen LogP contribution is 2.21. The number of esters is 1. The first-order valence-corrected chi connectivity index (χ1v) is 31.4. The molecule has 3 amide bonds. The van der Waals surface area contributed by atoms with Gasteiger partial charge in [-0.05, 0) is 57.8 Å². The molecule has 0 radical (unpaired) electrons. The molecule has 82 heavy (non-hydrogen) atoms. The predicted octanol–water partition coefficient (Wildman–Crippen LogP) is 3.29. The van der Waals surface area contributed by atoms with Crippen molar-refractivity contribution in [3.63, 3.8) is 0 Å². The number of aliphatic hydroxyl groups excluding tert-OH is 12. The third kappa shape index (κ3) is 37.2. The van der Waals surface area contributed by atoms with Crippen LogP contribution in [-0.4, -0.2) is 197 Å². The van der Waals surface area contributed by atoms with Crippen LogP contribution in [0.15, 0.2) is 0 Å². The van der Waals surface area contributed by atoms with E-state index in [-0.39, 0.29) is 43.5 Å². The predicted molar refractivity (Wildman–Crippen MR) is 310 cm³/mol. The Morgan fingerprint density at radius 1 is 0.390 bits per heavy atom. The molecule has 0 saturated heterocycles. The van der Waals surface area contributed by atoms with E-state index in [0.717, 1.165) is 44.9 Å². The van der Waals surface area contributed by atoms with Gasteiger partial charge in [0.15, 0.2) is 17.7 Å². The molecule has 0 aromatic rings. The van der Waals surface area contributed by atoms with Gasteiger partial charge in [0.2, 0.25) is 11.8 Å². The van der Waals surface area contributed by atoms with Gasteiger partial charge in [-0.2, -0.15) is 0 Å². The molecule has 0 aliphatic carbocycles. The van der Waals surface area contributed by atoms with Crippen LogP contribution in [0.4, 0.5) is 0 Å². The molecule has 0 aliphatic heterocycles. The summed E-state index contributed by atoms with van der Waals surface area (Å²) >= 11 is 0. The van der Waals surface area contributed by atoms with Crippen molar-refractivity contribution in [3.8, 4) is 0 Å². The molecule has 0 aliphatic rings. The largest absolute Gasteiger partial charge is 0.465 e. The summed E-state index contributed by atoms with van der Waals surface area (Å²) in [5, 5.41) is 129. The summed E-state index contributed by atoms with van der Waals surface area (Å²) in [6.45, 7) is 3.14. The molecule has 482 valence electrons. The third-order valence-electron chi connectivity index (χ3n) is 15.2. The molecule has 0 spiro atoms. The maximum Gasteiger partial charge on any atom is 0.316 e. The van der Waals surface area contributed by atoms with Gasteiger partial charge in [-0.1, -0.05) is 162 Å². The lowest BCUT2D eigenvalue weighted by molar-refractivity contribution is -0.165. The molecule has 0 saturated carbocycles. The zero-order valence-corrected chi connectivity index (χ0v) is 49.9. The van der Waals surface area contributed by atoms with Crippen molar-refractivity contribution in [2.45, 2.75) is 306 Å². The highest BCUT2D eigenvalue weighted by molar-refractivity contribution is 6.01. The Morgan fingerprint density at radius 3 is 1.21 bits per heavy atom. The summed E-state index contributed by atoms with van der Waals surface area (Å²) in [6, 6.07) is -1.11. The third-order valence-corrected chi connectivity index (χ3v) is 15.2. The van der Waals surface area contributed by atoms with Crippen LogP contribution < -0.4 is 16.0 Å². The smallest absolute Gasteiger partial charge is 0.316 e. The number of unbranched alkanes of at least 4 members (excludes halogenated alkanes) is 25. The minimum atomic E-state index is -2.35. The molecular formula is C60H113N3O19. The number of hydrogen-bond donors (Lipinski definition) is 15. The summed E-state index contributed by atoms with van der Waals surface area (Å²) < 4.78 is 5.44. The van der Waals surface area contributed by atoms with Gasteiger partial charge in [-0.25, -0.2) is 0 Å². The van der Waals surface area contributed by atoms with Crippen molar-refractivity contribution in [1.29, 1.82) is 0 Å². The quantitative estimate of drug-likeness (QED) is 0.0236. The van der Waals surface area contributed by atoms with Gasteiger partial charge in [-0.15, -0.1) is 0 Å². The molecule has 0 aromatic carbocycles. The van der Waals surface area contributed by atoms with Crippen LogP contribution in [0, 0.1) is 5.92 Å². The monoisotopic (exact) mass is 1180 g/mol. The topological polar surface area (TPSA) is 391 Å². The highest BCUT2D eigenvalue weighted by atomic mass is 16.5. The molecule has 12 atom stereocenters. The Labute approximate surface area is 489 Å². The van der Waals surface area contributed by atoms with Crippen LogP contribution in [-0.2, 0) is 33.5 Å². The number of Topliss-reactive ketones (excluding diaryl/α,β-unsaturated/α-hetero) is 2. The number of carbonyl (C=O) groups excluding carboxylic acids is 6. The first-order chi connectivity index (χ1) is 39.3. The molecule has 0 aromatic heterocycles. The Kier molecular flexibility index (Phi) is 49.0. The Bertz CT molecular complexity index is 1650. The SMILES string of the molecule is CCCCCCCCCCCC(=O)NCCCCCC[C@H](C(=O)OCCCCCCCCC(=O)[C@H](CCCCNC(=O)CCCCCCCCCCC)NC(=O)[C@H](O)[C@@H](O)[C@H](O)[C@H](O)[C@H](O)CO)C(=O)[C@H](O)[C@@H](O)[C@H](O)[C@H](O)[C@H](O)CO. The van der Waals surface area contributed by atoms with E-state index in [1.807, 2.05) is 0 Å². The minimum Gasteiger partial charge on any atom is -0.465 e. The molecule has 0 unspecified atom stereocenters. The second kappa shape index (κ2) is 51.0. The fourth-order valence-corrected chi connectivity index (χ4v) is 9.61. The maximum absolute atomic E-state index is 13.5. The number of amides is 3. The molecule has 0 bridgehead atoms. The van der Waals surface area contributed by atoms with Crippen molar-refractivity contribution >= 4 is 35.3 Å². The van der Waals surface area contributed by atoms with Gasteiger partial charge in [0.05, 0.1) is 25.9 Å². The first-order valence-electron chi connectivity index (χ1n) is 31.4. The zero-order valence-electron chi connectivity index (χ0n) is 49.9. The van der Waals surface area contributed by atoms with Crippen LogP contribution in [0.5, 0.6) is 0 Å². The van der Waals surface area contributed by atoms with Crippen molar-refractivity contribution in [1.82, 2.24) is 16.0 Å². The van der Waals surface area contributed by atoms with Gasteiger partial charge in [0.25, 0.3) is 5.91 Å². The molecule has 0 heterocycles. The molecule has 0 rings (SSSR count). The lowest BCUT2D eigenvalue weighted by Gasteiger charge is -2.29. The molecule has 0 fully saturated rings. The van der Waals surface area contributed by atoms with Gasteiger partial charge in [0, 0.05) is 32.4 Å². The molecular weight excluding hydrogens is 1070 g/mol. The number of carbonyl (C=O) groups is 6. The van der Waals surface area contributed by atoms with Gasteiger partial charge < -0.3 is 82.0 Å². The number of ketones is 2. The van der Waals surface area contributed by atoms with Crippen LogP contribution in [0.2, 0.25) is 0 Å². The number of hydrogen-bond acceptors (Lipinski definition) is 19. The van der Waals surface area contributed by atoms with E-state index < -0.39 is 104 Å². The number of rotatable bonds is 57. The van der Waals surface area contributed by atoms with E-state index in [1.165, 1.54) is 70.6 Å². The van der Waals surface area contributed by atoms with E-state index in [0.29, 0.717) is 103 Å². The lowest BCUT2D eigenvalue weighted by atomic mass is 9.88. The fourth-order valence-electron chi connectivity index (χ4n) is 9.61. The second-order valence-corrected chi connectivity index (χ2v) is 22.4. The van der Waals surface area contributed by atoms with Crippen LogP contribution in [0.3, 0.4) is 0 Å². The van der Waals surface area contributed by atoms with E-state index in [9.17, 15) is 79.8 Å². The van der Waals surface area contributed by atoms with Crippen LogP contribution >= 0.6 is 0 Å². The minimum absolute atomic E-state index is 0.00932. The highest BCUT2D eigenvalue weighted by Gasteiger charge is 2.42. The van der Waals surface area contributed by atoms with E-state index in [1.54, 1.807) is 0 Å². The molecule has 15 N–H and O–H groups in total. The van der Waals surface area contributed by atoms with Crippen molar-refractivity contribution in [3.05, 3.63) is 0 Å². The van der Waals surface area contributed by atoms with Crippen LogP contribution in [0.25, 0.3) is 0 Å². The maximum atomic E-state index is 13.5. The zero-order chi connectivity index (χ0) is 61.5. The Balaban J connectivity index is 5.23. The summed E-state index contributed by atoms with van der Waals surface area (Å²) in [5.41, 5.74) is 0. The standard InChI is InChI=1S/C60H113N3O19/c1-3-5-7-9-11-13-15-20-27-36-48(69)61-38-30-23-22-25-33-43(50(71)53(74)56(77)54(75)51(72)46(67)41-64)60(81)82-40-32-24-18-17-19-26-35-45(66)44(63-59(80)58(79)57(78)55(76)52(73)47(68)42-65)34-29-31-39-62-49(70)37-28-21-16-14-12-10-8-6-4-2/h43-44,46-47,51-58,64-65,67-68,72-79H,3-42H2,1-2H3,(H,61,69)(H,62,70)(H,63,80)/t43-,44-,46+,47+,51+,52+,53-,54+,55+,56+,57-,58+/m0/s1. The summed E-state index contributed by atoms with van der Waals surface area (Å²) in [7, 11) is 0. The van der Waals surface area contributed by atoms with Crippen LogP contribution in [0.1, 0.15) is 239 Å². The van der Waals surface area contributed by atoms with Crippen molar-refractivity contribution in [2.75, 3.05) is 32.9 Å². The summed E-state index contributed by atoms with van der Waals surface area (Å²) in [4.78, 5) is 78.0. The van der Waals surface area contributed by atoms with E-state index in [4.69, 9.17) is 14.9 Å². The average Bonchev–Trinajstić information content (AvgIpc) is 3.50. The van der Waals surface area contributed by atoms with Gasteiger partial charge >= 0.3 is 5.97 Å². The van der Waals surface area contributed by atoms with E-state index in [2.05, 4.69) is 29.8 Å². The first kappa shape index (κ1) is 78.7. The molecule has 22 heteroatoms. The Hall–Kier alpha value is -3.26. The Morgan fingerprint density at radius 2 is 0.756 bits per heavy atom. The normalized spacial score (nSPS) is 16.1. The lowest BCUT2D eigenvalue weighted by Crippen LogP contribution is -2.55. The van der Waals surface area contributed by atoms with Gasteiger partial charge in [-0.3, -0.25) is 28.8 Å². The average molecular weight is 1180 g/mol. The van der Waals surface area contributed by atoms with Gasteiger partial charge in [0.1, 0.15) is 60.9 Å². The fraction of sp³-hybridized carbons (Fsp3) is 0.900. The second-order valence-electron chi connectivity index (χ2n) is 22.4. The van der Waals surface area contributed by atoms with E-state index >= 15 is 0 Å². The summed E-state index contributed by atoms with van der Waals surface area (Å²) in [5.74, 6) is -5.33. The number of nitrogens with one attached hydrogen (secondary N) is 3. The number of aliphatic hydroxyl groups is 12. The van der Waals surface area contributed by atoms with Crippen molar-refractivity contribution < 1.29 is 94.8 Å². The molecule has 22 nitrogen and oxygen atoms in total. The van der Waals surface area contributed by atoms with Crippen molar-refractivity contribution in [2.24, 2.45) is 5.92 Å². The summed E-state index contributed by atoms with van der Waals surface area (Å²) in [6.07, 6.45) is 6.18.